The summed E-state index contributed by atoms with van der Waals surface area (Å²) in [7, 11) is 0. The summed E-state index contributed by atoms with van der Waals surface area (Å²) in [6.07, 6.45) is 6.43. The van der Waals surface area contributed by atoms with Crippen molar-refractivity contribution >= 4 is 29.1 Å². The van der Waals surface area contributed by atoms with E-state index < -0.39 is 6.04 Å². The van der Waals surface area contributed by atoms with Gasteiger partial charge in [-0.05, 0) is 78.3 Å². The topological polar surface area (TPSA) is 78.5 Å². The van der Waals surface area contributed by atoms with Gasteiger partial charge >= 0.3 is 0 Å². The summed E-state index contributed by atoms with van der Waals surface area (Å²) in [4.78, 5) is 42.0. The monoisotopic (exact) mass is 499 g/mol. The summed E-state index contributed by atoms with van der Waals surface area (Å²) in [5.41, 5.74) is 5.14. The SMILES string of the molecule is O=C(CNC(=O)C1c2ccccc2C(=O)N1C1CC1)NC(c1ccc2c(c1)CCCC2)c1cccs1. The quantitative estimate of drug-likeness (QED) is 0.509. The third-order valence-corrected chi connectivity index (χ3v) is 8.39. The Morgan fingerprint density at radius 1 is 1.00 bits per heavy atom. The first-order valence-corrected chi connectivity index (χ1v) is 13.6. The van der Waals surface area contributed by atoms with Gasteiger partial charge in [0.25, 0.3) is 5.91 Å². The van der Waals surface area contributed by atoms with Crippen molar-refractivity contribution in [1.29, 1.82) is 0 Å². The first-order valence-electron chi connectivity index (χ1n) is 12.7. The van der Waals surface area contributed by atoms with E-state index in [0.29, 0.717) is 5.56 Å². The number of thiophene rings is 1. The molecular formula is C29H29N3O3S. The first-order chi connectivity index (χ1) is 17.6. The largest absolute Gasteiger partial charge is 0.345 e. The number of aryl methyl sites for hydroxylation is 2. The van der Waals surface area contributed by atoms with Crippen molar-refractivity contribution in [1.82, 2.24) is 15.5 Å². The molecule has 1 aliphatic heterocycles. The summed E-state index contributed by atoms with van der Waals surface area (Å²) in [5, 5.41) is 7.96. The van der Waals surface area contributed by atoms with E-state index in [4.69, 9.17) is 0 Å². The number of nitrogens with zero attached hydrogens (tertiary/aromatic N) is 1. The molecule has 2 heterocycles. The number of benzene rings is 2. The molecule has 6 rings (SSSR count). The maximum Gasteiger partial charge on any atom is 0.255 e. The molecule has 2 aromatic carbocycles. The Balaban J connectivity index is 1.17. The van der Waals surface area contributed by atoms with Gasteiger partial charge in [-0.2, -0.15) is 0 Å². The first kappa shape index (κ1) is 23.0. The molecule has 0 radical (unpaired) electrons. The van der Waals surface area contributed by atoms with Crippen molar-refractivity contribution in [3.63, 3.8) is 0 Å². The molecule has 0 saturated heterocycles. The highest BCUT2D eigenvalue weighted by atomic mass is 32.1. The zero-order chi connectivity index (χ0) is 24.6. The molecule has 1 fully saturated rings. The van der Waals surface area contributed by atoms with Gasteiger partial charge in [0, 0.05) is 16.5 Å². The van der Waals surface area contributed by atoms with Gasteiger partial charge in [-0.3, -0.25) is 14.4 Å². The van der Waals surface area contributed by atoms with E-state index in [1.807, 2.05) is 35.7 Å². The van der Waals surface area contributed by atoms with Crippen molar-refractivity contribution in [3.05, 3.63) is 92.7 Å². The number of hydrogen-bond donors (Lipinski definition) is 2. The van der Waals surface area contributed by atoms with E-state index in [2.05, 4.69) is 28.8 Å². The zero-order valence-corrected chi connectivity index (χ0v) is 20.9. The van der Waals surface area contributed by atoms with Gasteiger partial charge in [0.1, 0.15) is 6.04 Å². The minimum Gasteiger partial charge on any atom is -0.345 e. The average molecular weight is 500 g/mol. The third kappa shape index (κ3) is 4.32. The highest BCUT2D eigenvalue weighted by Crippen LogP contribution is 2.42. The molecule has 7 heteroatoms. The number of carbonyl (C=O) groups excluding carboxylic acids is 3. The van der Waals surface area contributed by atoms with E-state index in [1.165, 1.54) is 24.0 Å². The minimum absolute atomic E-state index is 0.0946. The summed E-state index contributed by atoms with van der Waals surface area (Å²) >= 11 is 1.61. The Kier molecular flexibility index (Phi) is 6.09. The Morgan fingerprint density at radius 2 is 1.81 bits per heavy atom. The van der Waals surface area contributed by atoms with E-state index in [1.54, 1.807) is 22.3 Å². The lowest BCUT2D eigenvalue weighted by Gasteiger charge is -2.25. The van der Waals surface area contributed by atoms with Gasteiger partial charge in [0.2, 0.25) is 11.8 Å². The molecule has 0 bridgehead atoms. The molecular weight excluding hydrogens is 470 g/mol. The molecule has 2 aliphatic carbocycles. The fraction of sp³-hybridized carbons (Fsp3) is 0.345. The van der Waals surface area contributed by atoms with E-state index in [-0.39, 0.29) is 36.3 Å². The van der Waals surface area contributed by atoms with Crippen LogP contribution in [0.25, 0.3) is 0 Å². The average Bonchev–Trinajstić information content (AvgIpc) is 3.50. The number of nitrogens with one attached hydrogen (secondary N) is 2. The Bertz CT molecular complexity index is 1320. The molecule has 0 spiro atoms. The van der Waals surface area contributed by atoms with Gasteiger partial charge in [-0.1, -0.05) is 42.5 Å². The maximum atomic E-state index is 13.3. The molecule has 1 saturated carbocycles. The second kappa shape index (κ2) is 9.54. The van der Waals surface area contributed by atoms with Gasteiger partial charge in [0.05, 0.1) is 12.6 Å². The van der Waals surface area contributed by atoms with Gasteiger partial charge in [-0.15, -0.1) is 11.3 Å². The third-order valence-electron chi connectivity index (χ3n) is 7.45. The van der Waals surface area contributed by atoms with Crippen LogP contribution in [-0.2, 0) is 22.4 Å². The number of hydrogen-bond acceptors (Lipinski definition) is 4. The molecule has 6 nitrogen and oxygen atoms in total. The smallest absolute Gasteiger partial charge is 0.255 e. The molecule has 1 aromatic heterocycles. The lowest BCUT2D eigenvalue weighted by molar-refractivity contribution is -0.129. The molecule has 3 aromatic rings. The fourth-order valence-corrected chi connectivity index (χ4v) is 6.32. The lowest BCUT2D eigenvalue weighted by Crippen LogP contribution is -2.44. The van der Waals surface area contributed by atoms with Crippen LogP contribution in [0.2, 0.25) is 0 Å². The van der Waals surface area contributed by atoms with Crippen LogP contribution in [0.15, 0.2) is 60.0 Å². The molecule has 184 valence electrons. The summed E-state index contributed by atoms with van der Waals surface area (Å²) in [6, 6.07) is 17.0. The summed E-state index contributed by atoms with van der Waals surface area (Å²) < 4.78 is 0. The molecule has 3 aliphatic rings. The number of fused-ring (bicyclic) bond motifs is 2. The molecule has 2 atom stereocenters. The second-order valence-corrected chi connectivity index (χ2v) is 10.9. The maximum absolute atomic E-state index is 13.3. The Morgan fingerprint density at radius 3 is 2.58 bits per heavy atom. The summed E-state index contributed by atoms with van der Waals surface area (Å²) in [6.45, 7) is -0.142. The van der Waals surface area contributed by atoms with Gasteiger partial charge in [0.15, 0.2) is 0 Å². The van der Waals surface area contributed by atoms with Crippen LogP contribution in [0.4, 0.5) is 0 Å². The van der Waals surface area contributed by atoms with Crippen LogP contribution >= 0.6 is 11.3 Å². The van der Waals surface area contributed by atoms with E-state index in [0.717, 1.165) is 41.7 Å². The highest BCUT2D eigenvalue weighted by molar-refractivity contribution is 7.10. The van der Waals surface area contributed by atoms with Crippen molar-refractivity contribution in [2.24, 2.45) is 0 Å². The predicted octanol–water partition coefficient (Wildman–Crippen LogP) is 4.31. The van der Waals surface area contributed by atoms with Gasteiger partial charge < -0.3 is 15.5 Å². The lowest BCUT2D eigenvalue weighted by atomic mass is 9.89. The molecule has 2 N–H and O–H groups in total. The van der Waals surface area contributed by atoms with Crippen molar-refractivity contribution in [2.75, 3.05) is 6.54 Å². The van der Waals surface area contributed by atoms with Crippen LogP contribution in [0.1, 0.15) is 75.3 Å². The van der Waals surface area contributed by atoms with Crippen molar-refractivity contribution in [2.45, 2.75) is 56.7 Å². The Hall–Kier alpha value is -3.45. The Labute approximate surface area is 214 Å². The van der Waals surface area contributed by atoms with Crippen LogP contribution in [0.5, 0.6) is 0 Å². The fourth-order valence-electron chi connectivity index (χ4n) is 5.52. The van der Waals surface area contributed by atoms with Crippen LogP contribution < -0.4 is 10.6 Å². The standard InChI is InChI=1S/C29H29N3O3S/c33-25(17-30-28(34)27-22-8-3-4-9-23(22)29(35)32(27)21-13-14-21)31-26(24-10-5-15-36-24)20-12-11-18-6-1-2-7-19(18)16-20/h3-5,8-12,15-16,21,26-27H,1-2,6-7,13-14,17H2,(H,30,34)(H,31,33). The minimum atomic E-state index is -0.678. The van der Waals surface area contributed by atoms with Gasteiger partial charge in [-0.25, -0.2) is 0 Å². The number of carbonyl (C=O) groups is 3. The van der Waals surface area contributed by atoms with Crippen LogP contribution in [0, 0.1) is 0 Å². The highest BCUT2D eigenvalue weighted by Gasteiger charge is 2.47. The van der Waals surface area contributed by atoms with Crippen LogP contribution in [-0.4, -0.2) is 35.2 Å². The van der Waals surface area contributed by atoms with Crippen molar-refractivity contribution < 1.29 is 14.4 Å². The number of rotatable bonds is 7. The normalized spacial score (nSPS) is 19.4. The van der Waals surface area contributed by atoms with E-state index >= 15 is 0 Å². The molecule has 3 amide bonds. The second-order valence-electron chi connectivity index (χ2n) is 9.90. The molecule has 36 heavy (non-hydrogen) atoms. The zero-order valence-electron chi connectivity index (χ0n) is 20.0. The predicted molar refractivity (Wildman–Crippen MR) is 139 cm³/mol. The molecule has 2 unspecified atom stereocenters. The summed E-state index contributed by atoms with van der Waals surface area (Å²) in [5.74, 6) is -0.658. The number of amides is 3. The van der Waals surface area contributed by atoms with E-state index in [9.17, 15) is 14.4 Å². The van der Waals surface area contributed by atoms with Crippen LogP contribution in [0.3, 0.4) is 0 Å². The van der Waals surface area contributed by atoms with Crippen molar-refractivity contribution in [3.8, 4) is 0 Å².